The van der Waals surface area contributed by atoms with Gasteiger partial charge < -0.3 is 14.5 Å². The summed E-state index contributed by atoms with van der Waals surface area (Å²) < 4.78 is 10.9. The fraction of sp³-hybridized carbons (Fsp3) is 0.294. The zero-order chi connectivity index (χ0) is 16.2. The van der Waals surface area contributed by atoms with Gasteiger partial charge in [-0.1, -0.05) is 13.0 Å². The maximum absolute atomic E-state index is 5.74. The Kier molecular flexibility index (Phi) is 4.62. The monoisotopic (exact) mass is 329 g/mol. The number of methoxy groups -OCH3 is 1. The van der Waals surface area contributed by atoms with Crippen LogP contribution in [0.4, 0.5) is 5.69 Å². The Bertz CT molecular complexity index is 726. The van der Waals surface area contributed by atoms with Crippen LogP contribution in [-0.2, 0) is 0 Å². The van der Waals surface area contributed by atoms with E-state index >= 15 is 0 Å². The standard InChI is InChI=1S/C17H19N3O2S/c1-11-8-15(11)16-7-6-14(22-16)10-18-20-17(23)19-12-4-3-5-13(9-12)21-2/h3-7,9-11,15H,8H2,1-2H3,(H2,19,20,23)/b18-10-/t11-,15+/m0/s1. The van der Waals surface area contributed by atoms with Crippen LogP contribution in [0, 0.1) is 5.92 Å². The number of thiocarbonyl (C=S) groups is 1. The summed E-state index contributed by atoms with van der Waals surface area (Å²) in [4.78, 5) is 0. The van der Waals surface area contributed by atoms with Crippen LogP contribution in [0.3, 0.4) is 0 Å². The third-order valence-electron chi connectivity index (χ3n) is 3.81. The maximum atomic E-state index is 5.74. The quantitative estimate of drug-likeness (QED) is 0.497. The lowest BCUT2D eigenvalue weighted by atomic mass is 10.3. The summed E-state index contributed by atoms with van der Waals surface area (Å²) in [5.41, 5.74) is 3.60. The minimum atomic E-state index is 0.400. The fourth-order valence-electron chi connectivity index (χ4n) is 2.37. The van der Waals surface area contributed by atoms with Crippen LogP contribution < -0.4 is 15.5 Å². The zero-order valence-corrected chi connectivity index (χ0v) is 13.9. The van der Waals surface area contributed by atoms with Gasteiger partial charge in [0, 0.05) is 17.7 Å². The van der Waals surface area contributed by atoms with Gasteiger partial charge >= 0.3 is 0 Å². The van der Waals surface area contributed by atoms with Crippen LogP contribution in [0.25, 0.3) is 0 Å². The molecule has 0 radical (unpaired) electrons. The van der Waals surface area contributed by atoms with E-state index in [2.05, 4.69) is 22.8 Å². The normalized spacial score (nSPS) is 19.6. The van der Waals surface area contributed by atoms with Crippen molar-refractivity contribution in [3.63, 3.8) is 0 Å². The third kappa shape index (κ3) is 4.10. The average Bonchev–Trinajstić information content (AvgIpc) is 3.09. The summed E-state index contributed by atoms with van der Waals surface area (Å²) in [6.45, 7) is 2.23. The first-order valence-corrected chi connectivity index (χ1v) is 7.90. The van der Waals surface area contributed by atoms with E-state index in [1.807, 2.05) is 36.4 Å². The second-order valence-corrected chi connectivity index (χ2v) is 6.02. The zero-order valence-electron chi connectivity index (χ0n) is 13.1. The highest BCUT2D eigenvalue weighted by Crippen LogP contribution is 2.47. The van der Waals surface area contributed by atoms with Crippen molar-refractivity contribution >= 4 is 29.2 Å². The van der Waals surface area contributed by atoms with Crippen LogP contribution in [0.5, 0.6) is 5.75 Å². The number of nitrogens with zero attached hydrogens (tertiary/aromatic N) is 1. The minimum absolute atomic E-state index is 0.400. The van der Waals surface area contributed by atoms with Crippen LogP contribution in [0.2, 0.25) is 0 Å². The molecule has 2 aromatic rings. The predicted octanol–water partition coefficient (Wildman–Crippen LogP) is 3.73. The molecule has 1 aromatic carbocycles. The lowest BCUT2D eigenvalue weighted by Crippen LogP contribution is -2.23. The van der Waals surface area contributed by atoms with Crippen molar-refractivity contribution in [3.05, 3.63) is 47.9 Å². The number of nitrogens with one attached hydrogen (secondary N) is 2. The van der Waals surface area contributed by atoms with E-state index in [0.29, 0.717) is 11.0 Å². The van der Waals surface area contributed by atoms with Crippen molar-refractivity contribution in [1.29, 1.82) is 0 Å². The lowest BCUT2D eigenvalue weighted by Gasteiger charge is -2.08. The molecule has 1 aromatic heterocycles. The van der Waals surface area contributed by atoms with E-state index in [1.54, 1.807) is 13.3 Å². The molecule has 23 heavy (non-hydrogen) atoms. The topological polar surface area (TPSA) is 58.8 Å². The molecule has 5 nitrogen and oxygen atoms in total. The van der Waals surface area contributed by atoms with Crippen molar-refractivity contribution in [3.8, 4) is 5.75 Å². The molecule has 0 saturated heterocycles. The molecule has 0 spiro atoms. The number of ether oxygens (including phenoxy) is 1. The Labute approximate surface area is 140 Å². The number of benzene rings is 1. The highest BCUT2D eigenvalue weighted by atomic mass is 32.1. The Morgan fingerprint density at radius 1 is 1.39 bits per heavy atom. The summed E-state index contributed by atoms with van der Waals surface area (Å²) >= 11 is 5.20. The molecule has 1 saturated carbocycles. The van der Waals surface area contributed by atoms with Crippen LogP contribution in [0.15, 0.2) is 45.9 Å². The summed E-state index contributed by atoms with van der Waals surface area (Å²) in [6.07, 6.45) is 2.83. The maximum Gasteiger partial charge on any atom is 0.191 e. The highest BCUT2D eigenvalue weighted by Gasteiger charge is 2.36. The van der Waals surface area contributed by atoms with Crippen molar-refractivity contribution in [1.82, 2.24) is 5.43 Å². The molecule has 3 rings (SSSR count). The Morgan fingerprint density at radius 3 is 2.96 bits per heavy atom. The molecule has 1 aliphatic carbocycles. The smallest absolute Gasteiger partial charge is 0.191 e. The number of hydrogen-bond donors (Lipinski definition) is 2. The Morgan fingerprint density at radius 2 is 2.22 bits per heavy atom. The number of anilines is 1. The van der Waals surface area contributed by atoms with Crippen molar-refractivity contribution in [2.45, 2.75) is 19.3 Å². The van der Waals surface area contributed by atoms with Crippen LogP contribution in [0.1, 0.15) is 30.8 Å². The van der Waals surface area contributed by atoms with E-state index in [0.717, 1.165) is 28.9 Å². The summed E-state index contributed by atoms with van der Waals surface area (Å²) in [5.74, 6) is 3.81. The van der Waals surface area contributed by atoms with Gasteiger partial charge in [0.2, 0.25) is 0 Å². The van der Waals surface area contributed by atoms with E-state index < -0.39 is 0 Å². The number of furan rings is 1. The van der Waals surface area contributed by atoms with Gasteiger partial charge in [0.05, 0.1) is 13.3 Å². The molecule has 1 heterocycles. The van der Waals surface area contributed by atoms with Gasteiger partial charge in [-0.15, -0.1) is 0 Å². The second kappa shape index (κ2) is 6.83. The first-order valence-electron chi connectivity index (χ1n) is 7.49. The molecule has 2 atom stereocenters. The first-order chi connectivity index (χ1) is 11.2. The number of rotatable bonds is 5. The molecule has 0 aliphatic heterocycles. The van der Waals surface area contributed by atoms with E-state index in [9.17, 15) is 0 Å². The van der Waals surface area contributed by atoms with Gasteiger partial charge in [-0.3, -0.25) is 5.43 Å². The van der Waals surface area contributed by atoms with Gasteiger partial charge in [0.25, 0.3) is 0 Å². The van der Waals surface area contributed by atoms with Gasteiger partial charge in [0.15, 0.2) is 5.11 Å². The summed E-state index contributed by atoms with van der Waals surface area (Å²) in [5, 5.41) is 7.53. The Hall–Kier alpha value is -2.34. The molecule has 0 bridgehead atoms. The number of hydrogen-bond acceptors (Lipinski definition) is 4. The number of hydrazone groups is 1. The molecule has 1 fully saturated rings. The van der Waals surface area contributed by atoms with Gasteiger partial charge in [-0.2, -0.15) is 5.10 Å². The molecule has 0 unspecified atom stereocenters. The third-order valence-corrected chi connectivity index (χ3v) is 4.00. The molecule has 6 heteroatoms. The average molecular weight is 329 g/mol. The van der Waals surface area contributed by atoms with Crippen LogP contribution in [-0.4, -0.2) is 18.4 Å². The van der Waals surface area contributed by atoms with E-state index in [4.69, 9.17) is 21.4 Å². The van der Waals surface area contributed by atoms with Gasteiger partial charge in [-0.25, -0.2) is 0 Å². The molecule has 2 N–H and O–H groups in total. The minimum Gasteiger partial charge on any atom is -0.497 e. The van der Waals surface area contributed by atoms with Crippen LogP contribution >= 0.6 is 12.2 Å². The molecule has 1 aliphatic rings. The SMILES string of the molecule is COc1cccc(NC(=S)N/N=C\c2ccc([C@@H]3C[C@@H]3C)o2)c1. The van der Waals surface area contributed by atoms with E-state index in [-0.39, 0.29) is 0 Å². The van der Waals surface area contributed by atoms with Crippen molar-refractivity contribution in [2.75, 3.05) is 12.4 Å². The summed E-state index contributed by atoms with van der Waals surface area (Å²) in [7, 11) is 1.62. The highest BCUT2D eigenvalue weighted by molar-refractivity contribution is 7.80. The summed E-state index contributed by atoms with van der Waals surface area (Å²) in [6, 6.07) is 11.4. The Balaban J connectivity index is 1.51. The molecule has 0 amide bonds. The van der Waals surface area contributed by atoms with E-state index in [1.165, 1.54) is 6.42 Å². The fourth-order valence-corrected chi connectivity index (χ4v) is 2.54. The van der Waals surface area contributed by atoms with Gasteiger partial charge in [-0.05, 0) is 48.8 Å². The van der Waals surface area contributed by atoms with Crippen molar-refractivity contribution < 1.29 is 9.15 Å². The van der Waals surface area contributed by atoms with Crippen molar-refractivity contribution in [2.24, 2.45) is 11.0 Å². The largest absolute Gasteiger partial charge is 0.497 e. The lowest BCUT2D eigenvalue weighted by molar-refractivity contribution is 0.415. The predicted molar refractivity (Wildman–Crippen MR) is 95.2 cm³/mol. The molecule has 120 valence electrons. The first kappa shape index (κ1) is 15.6. The second-order valence-electron chi connectivity index (χ2n) is 5.62. The van der Waals surface area contributed by atoms with Gasteiger partial charge in [0.1, 0.15) is 17.3 Å². The molecular weight excluding hydrogens is 310 g/mol. The molecular formula is C17H19N3O2S.